The molecule has 348 valence electrons. The van der Waals surface area contributed by atoms with Crippen molar-refractivity contribution < 1.29 is 46.6 Å². The first-order valence-electron chi connectivity index (χ1n) is 22.2. The number of nitrogens with one attached hydrogen (secondary N) is 1. The van der Waals surface area contributed by atoms with Crippen molar-refractivity contribution in [3.63, 3.8) is 0 Å². The summed E-state index contributed by atoms with van der Waals surface area (Å²) in [6.07, 6.45) is 2.68. The van der Waals surface area contributed by atoms with E-state index in [-0.39, 0.29) is 48.0 Å². The SMILES string of the molecule is CCOc1cc([C@@H](CC#N)N2C(=O)c3cnc(N4CCC([C@H]5CCN(Cc6ccc(Oc7cc8c(cc7F)c(N7CCC(=O)NC7=O)nn8C)cc6)CC5(F)F)CC4)cc3C2=O)ccc1OC. The van der Waals surface area contributed by atoms with Gasteiger partial charge in [0.15, 0.2) is 28.9 Å². The second-order valence-electron chi connectivity index (χ2n) is 17.2. The van der Waals surface area contributed by atoms with Crippen LogP contribution in [-0.2, 0) is 18.4 Å². The zero-order valence-electron chi connectivity index (χ0n) is 37.1. The van der Waals surface area contributed by atoms with E-state index in [0.29, 0.717) is 91.6 Å². The Bertz CT molecular complexity index is 2810. The van der Waals surface area contributed by atoms with Crippen LogP contribution in [0.5, 0.6) is 23.0 Å². The third-order valence-corrected chi connectivity index (χ3v) is 13.2. The summed E-state index contributed by atoms with van der Waals surface area (Å²) < 4.78 is 65.9. The van der Waals surface area contributed by atoms with E-state index in [2.05, 4.69) is 21.5 Å². The van der Waals surface area contributed by atoms with Crippen LogP contribution in [0.4, 0.5) is 29.6 Å². The number of carbonyl (C=O) groups is 4. The number of halogens is 3. The van der Waals surface area contributed by atoms with Gasteiger partial charge < -0.3 is 19.1 Å². The maximum Gasteiger partial charge on any atom is 0.329 e. The number of rotatable bonds is 13. The number of urea groups is 1. The smallest absolute Gasteiger partial charge is 0.329 e. The van der Waals surface area contributed by atoms with Crippen molar-refractivity contribution in [2.75, 3.05) is 56.2 Å². The Morgan fingerprint density at radius 2 is 1.69 bits per heavy atom. The normalized spacial score (nSPS) is 19.4. The Morgan fingerprint density at radius 3 is 2.39 bits per heavy atom. The maximum absolute atomic E-state index is 16.0. The van der Waals surface area contributed by atoms with Crippen LogP contribution in [-0.4, -0.2) is 101 Å². The third kappa shape index (κ3) is 8.68. The Balaban J connectivity index is 0.793. The van der Waals surface area contributed by atoms with Gasteiger partial charge >= 0.3 is 6.03 Å². The number of piperidine rings is 2. The molecule has 0 unspecified atom stereocenters. The van der Waals surface area contributed by atoms with Crippen LogP contribution in [0.3, 0.4) is 0 Å². The summed E-state index contributed by atoms with van der Waals surface area (Å²) in [7, 11) is 3.16. The molecule has 3 saturated heterocycles. The number of aryl methyl sites for hydroxylation is 1. The van der Waals surface area contributed by atoms with Gasteiger partial charge in [0.1, 0.15) is 11.6 Å². The molecule has 6 heterocycles. The lowest BCUT2D eigenvalue weighted by Crippen LogP contribution is -2.52. The van der Waals surface area contributed by atoms with Gasteiger partial charge in [-0.05, 0) is 86.2 Å². The van der Waals surface area contributed by atoms with E-state index in [1.807, 2.05) is 11.8 Å². The number of imide groups is 2. The van der Waals surface area contributed by atoms with Crippen LogP contribution in [0.1, 0.15) is 76.9 Å². The molecule has 3 fully saturated rings. The average molecular weight is 920 g/mol. The number of pyridine rings is 1. The van der Waals surface area contributed by atoms with E-state index < -0.39 is 54.0 Å². The number of hydrogen-bond acceptors (Lipinski definition) is 12. The number of nitriles is 1. The number of carbonyl (C=O) groups excluding carboxylic acids is 4. The van der Waals surface area contributed by atoms with Crippen LogP contribution < -0.4 is 29.3 Å². The number of amides is 5. The topological polar surface area (TPSA) is 175 Å². The van der Waals surface area contributed by atoms with Crippen molar-refractivity contribution in [2.24, 2.45) is 18.9 Å². The summed E-state index contributed by atoms with van der Waals surface area (Å²) in [5, 5.41) is 16.7. The molecule has 0 spiro atoms. The van der Waals surface area contributed by atoms with E-state index in [0.717, 1.165) is 10.5 Å². The molecule has 4 aliphatic heterocycles. The second kappa shape index (κ2) is 18.2. The molecule has 0 radical (unpaired) electrons. The predicted molar refractivity (Wildman–Crippen MR) is 238 cm³/mol. The number of benzene rings is 3. The summed E-state index contributed by atoms with van der Waals surface area (Å²) >= 11 is 0. The molecule has 4 aliphatic rings. The molecule has 0 aliphatic carbocycles. The van der Waals surface area contributed by atoms with Crippen LogP contribution in [0.15, 0.2) is 66.9 Å². The summed E-state index contributed by atoms with van der Waals surface area (Å²) in [5.74, 6) is -4.22. The highest BCUT2D eigenvalue weighted by Gasteiger charge is 2.49. The molecule has 1 N–H and O–H groups in total. The Morgan fingerprint density at radius 1 is 0.925 bits per heavy atom. The second-order valence-corrected chi connectivity index (χ2v) is 17.2. The van der Waals surface area contributed by atoms with Crippen molar-refractivity contribution in [1.29, 1.82) is 5.26 Å². The average Bonchev–Trinajstić information content (AvgIpc) is 3.75. The Hall–Kier alpha value is -7.20. The van der Waals surface area contributed by atoms with Gasteiger partial charge in [0.2, 0.25) is 5.91 Å². The quantitative estimate of drug-likeness (QED) is 0.116. The number of anilines is 2. The fourth-order valence-corrected chi connectivity index (χ4v) is 9.82. The minimum Gasteiger partial charge on any atom is -0.493 e. The highest BCUT2D eigenvalue weighted by molar-refractivity contribution is 6.21. The van der Waals surface area contributed by atoms with Crippen LogP contribution in [0, 0.1) is 29.0 Å². The van der Waals surface area contributed by atoms with Crippen molar-refractivity contribution in [3.8, 4) is 29.1 Å². The molecule has 9 rings (SSSR count). The van der Waals surface area contributed by atoms with E-state index in [4.69, 9.17) is 14.2 Å². The summed E-state index contributed by atoms with van der Waals surface area (Å²) in [4.78, 5) is 62.3. The number of alkyl halides is 2. The largest absolute Gasteiger partial charge is 0.493 e. The monoisotopic (exact) mass is 919 g/mol. The van der Waals surface area contributed by atoms with Crippen molar-refractivity contribution in [3.05, 3.63) is 94.9 Å². The van der Waals surface area contributed by atoms with E-state index in [1.54, 1.807) is 60.5 Å². The van der Waals surface area contributed by atoms with Gasteiger partial charge in [-0.2, -0.15) is 10.4 Å². The molecule has 67 heavy (non-hydrogen) atoms. The van der Waals surface area contributed by atoms with Gasteiger partial charge in [0.05, 0.1) is 55.4 Å². The highest BCUT2D eigenvalue weighted by Crippen LogP contribution is 2.44. The van der Waals surface area contributed by atoms with Gasteiger partial charge in [-0.15, -0.1) is 0 Å². The van der Waals surface area contributed by atoms with E-state index >= 15 is 13.2 Å². The fraction of sp³-hybridized carbons (Fsp3) is 0.396. The zero-order chi connectivity index (χ0) is 47.1. The number of nitrogens with zero attached hydrogens (tertiary/aromatic N) is 8. The molecule has 2 aromatic heterocycles. The Kier molecular flexibility index (Phi) is 12.2. The van der Waals surface area contributed by atoms with Gasteiger partial charge in [-0.3, -0.25) is 39.1 Å². The minimum absolute atomic E-state index is 0.0630. The molecule has 2 atom stereocenters. The predicted octanol–water partition coefficient (Wildman–Crippen LogP) is 7.38. The first-order valence-corrected chi connectivity index (χ1v) is 22.2. The van der Waals surface area contributed by atoms with Gasteiger partial charge in [0.25, 0.3) is 17.7 Å². The first-order chi connectivity index (χ1) is 32.3. The first kappa shape index (κ1) is 45.0. The number of likely N-dealkylation sites (tertiary alicyclic amines) is 1. The van der Waals surface area contributed by atoms with Crippen molar-refractivity contribution >= 4 is 46.3 Å². The lowest BCUT2D eigenvalue weighted by molar-refractivity contribution is -0.133. The lowest BCUT2D eigenvalue weighted by atomic mass is 9.76. The number of ether oxygens (including phenoxy) is 3. The minimum atomic E-state index is -2.93. The summed E-state index contributed by atoms with van der Waals surface area (Å²) in [6.45, 7) is 3.60. The fourth-order valence-electron chi connectivity index (χ4n) is 9.82. The maximum atomic E-state index is 16.0. The molecule has 0 bridgehead atoms. The standard InChI is InChI=1S/C48H48F3N9O7/c1-4-66-41-21-30(7-10-39(41)65-3)37(11-16-52)60-45(62)32-23-42(53-25-34(32)46(60)63)58-18-12-29(13-19-58)35-14-17-57(27-48(35,50)51)26-28-5-8-31(9-6-28)67-40-24-38-33(22-36(40)49)44(55-56(38)2)59-20-15-43(61)54-47(59)64/h5-10,21-25,29,35,37H,4,11-15,17-20,26-27H2,1-3H3,(H,54,61,64)/t35-,37-/m1/s1. The molecular formula is C48H48F3N9O7. The van der Waals surface area contributed by atoms with Gasteiger partial charge in [0, 0.05) is 63.2 Å². The van der Waals surface area contributed by atoms with Crippen LogP contribution in [0.2, 0.25) is 0 Å². The lowest BCUT2D eigenvalue weighted by Gasteiger charge is -2.44. The third-order valence-electron chi connectivity index (χ3n) is 13.2. The number of aromatic nitrogens is 3. The molecule has 5 aromatic rings. The molecular weight excluding hydrogens is 872 g/mol. The summed E-state index contributed by atoms with van der Waals surface area (Å²) in [5.41, 5.74) is 2.16. The number of fused-ring (bicyclic) bond motifs is 2. The summed E-state index contributed by atoms with van der Waals surface area (Å²) in [6, 6.07) is 16.8. The Labute approximate surface area is 383 Å². The van der Waals surface area contributed by atoms with Crippen LogP contribution in [0.25, 0.3) is 10.9 Å². The zero-order valence-corrected chi connectivity index (χ0v) is 37.1. The molecule has 16 nitrogen and oxygen atoms in total. The molecule has 19 heteroatoms. The number of methoxy groups -OCH3 is 1. The molecule has 0 saturated carbocycles. The molecule has 5 amide bonds. The highest BCUT2D eigenvalue weighted by atomic mass is 19.3. The van der Waals surface area contributed by atoms with Crippen LogP contribution >= 0.6 is 0 Å². The van der Waals surface area contributed by atoms with Gasteiger partial charge in [-0.1, -0.05) is 18.2 Å². The van der Waals surface area contributed by atoms with E-state index in [9.17, 15) is 24.4 Å². The van der Waals surface area contributed by atoms with E-state index in [1.165, 1.54) is 35.0 Å². The molecule has 3 aromatic carbocycles. The van der Waals surface area contributed by atoms with Crippen molar-refractivity contribution in [2.45, 2.75) is 57.5 Å². The van der Waals surface area contributed by atoms with Gasteiger partial charge in [-0.25, -0.2) is 22.9 Å². The number of hydrogen-bond donors (Lipinski definition) is 1. The van der Waals surface area contributed by atoms with Crippen molar-refractivity contribution in [1.82, 2.24) is 29.9 Å².